The summed E-state index contributed by atoms with van der Waals surface area (Å²) in [4.78, 5) is 27.6. The summed E-state index contributed by atoms with van der Waals surface area (Å²) in [7, 11) is 0. The maximum absolute atomic E-state index is 12.2. The van der Waals surface area contributed by atoms with Crippen LogP contribution in [0.25, 0.3) is 0 Å². The molecule has 0 fully saturated rings. The van der Waals surface area contributed by atoms with Gasteiger partial charge in [0.05, 0.1) is 18.7 Å². The number of carbonyl (C=O) groups excluding carboxylic acids is 2. The summed E-state index contributed by atoms with van der Waals surface area (Å²) in [6, 6.07) is 5.42. The summed E-state index contributed by atoms with van der Waals surface area (Å²) in [5.74, 6) is -1.04. The number of benzene rings is 1. The first-order chi connectivity index (χ1) is 11.5. The molecule has 0 spiro atoms. The van der Waals surface area contributed by atoms with Gasteiger partial charge in [-0.2, -0.15) is 8.78 Å². The average Bonchev–Trinajstić information content (AvgIpc) is 2.94. The van der Waals surface area contributed by atoms with Gasteiger partial charge in [0.1, 0.15) is 5.75 Å². The maximum Gasteiger partial charge on any atom is 0.387 e. The first-order valence-electron chi connectivity index (χ1n) is 6.94. The number of hydrogen-bond acceptors (Lipinski definition) is 6. The van der Waals surface area contributed by atoms with E-state index in [1.807, 2.05) is 0 Å². The monoisotopic (exact) mass is 356 g/mol. The Morgan fingerprint density at radius 3 is 2.88 bits per heavy atom. The molecule has 2 rings (SSSR count). The number of ether oxygens (including phenoxy) is 2. The van der Waals surface area contributed by atoms with Crippen molar-refractivity contribution in [2.45, 2.75) is 20.0 Å². The molecule has 1 heterocycles. The van der Waals surface area contributed by atoms with E-state index in [1.54, 1.807) is 12.3 Å². The van der Waals surface area contributed by atoms with Crippen molar-refractivity contribution in [3.63, 3.8) is 0 Å². The molecule has 0 aliphatic carbocycles. The molecule has 1 N–H and O–H groups in total. The van der Waals surface area contributed by atoms with E-state index < -0.39 is 18.5 Å². The van der Waals surface area contributed by atoms with Crippen molar-refractivity contribution < 1.29 is 27.8 Å². The summed E-state index contributed by atoms with van der Waals surface area (Å²) in [6.45, 7) is -0.979. The van der Waals surface area contributed by atoms with Crippen LogP contribution < -0.4 is 10.1 Å². The standard InChI is InChI=1S/C15H14F2N2O4S/c1-2-22-12(20)7-10-8-24-15(18-10)19-13(21)9-4-3-5-11(6-9)23-14(16)17/h3-6,8,14H,2,7H2,1H3,(H,18,19,21). The number of esters is 1. The second-order valence-electron chi connectivity index (χ2n) is 4.49. The largest absolute Gasteiger partial charge is 0.466 e. The van der Waals surface area contributed by atoms with E-state index in [4.69, 9.17) is 4.74 Å². The first kappa shape index (κ1) is 17.8. The summed E-state index contributed by atoms with van der Waals surface area (Å²) in [5, 5.41) is 4.46. The highest BCUT2D eigenvalue weighted by Crippen LogP contribution is 2.20. The van der Waals surface area contributed by atoms with E-state index in [9.17, 15) is 18.4 Å². The number of hydrogen-bond donors (Lipinski definition) is 1. The Morgan fingerprint density at radius 1 is 1.38 bits per heavy atom. The van der Waals surface area contributed by atoms with E-state index >= 15 is 0 Å². The number of amides is 1. The molecular weight excluding hydrogens is 342 g/mol. The van der Waals surface area contributed by atoms with Gasteiger partial charge in [0, 0.05) is 10.9 Å². The van der Waals surface area contributed by atoms with Gasteiger partial charge >= 0.3 is 12.6 Å². The van der Waals surface area contributed by atoms with Crippen molar-refractivity contribution in [1.82, 2.24) is 4.98 Å². The van der Waals surface area contributed by atoms with E-state index in [-0.39, 0.29) is 24.3 Å². The number of rotatable bonds is 7. The van der Waals surface area contributed by atoms with Crippen LogP contribution in [-0.2, 0) is 16.0 Å². The van der Waals surface area contributed by atoms with Crippen LogP contribution >= 0.6 is 11.3 Å². The molecule has 0 aliphatic heterocycles. The fourth-order valence-corrected chi connectivity index (χ4v) is 2.49. The minimum atomic E-state index is -2.97. The number of nitrogens with one attached hydrogen (secondary N) is 1. The predicted molar refractivity (Wildman–Crippen MR) is 83.5 cm³/mol. The smallest absolute Gasteiger partial charge is 0.387 e. The lowest BCUT2D eigenvalue weighted by molar-refractivity contribution is -0.142. The molecule has 1 amide bonds. The molecule has 9 heteroatoms. The number of aromatic nitrogens is 1. The third-order valence-electron chi connectivity index (χ3n) is 2.72. The van der Waals surface area contributed by atoms with Crippen LogP contribution in [0.2, 0.25) is 0 Å². The number of nitrogens with zero attached hydrogens (tertiary/aromatic N) is 1. The van der Waals surface area contributed by atoms with Crippen LogP contribution in [0.3, 0.4) is 0 Å². The van der Waals surface area contributed by atoms with Gasteiger partial charge in [0.2, 0.25) is 0 Å². The van der Waals surface area contributed by atoms with Crippen LogP contribution in [0.4, 0.5) is 13.9 Å². The van der Waals surface area contributed by atoms with Gasteiger partial charge in [-0.3, -0.25) is 14.9 Å². The fourth-order valence-electron chi connectivity index (χ4n) is 1.79. The lowest BCUT2D eigenvalue weighted by atomic mass is 10.2. The molecule has 128 valence electrons. The molecule has 1 aromatic carbocycles. The molecule has 0 aliphatic rings. The predicted octanol–water partition coefficient (Wildman–Crippen LogP) is 3.10. The van der Waals surface area contributed by atoms with Crippen molar-refractivity contribution in [2.75, 3.05) is 11.9 Å². The molecule has 24 heavy (non-hydrogen) atoms. The highest BCUT2D eigenvalue weighted by Gasteiger charge is 2.13. The zero-order valence-electron chi connectivity index (χ0n) is 12.6. The first-order valence-corrected chi connectivity index (χ1v) is 7.82. The van der Waals surface area contributed by atoms with Gasteiger partial charge in [-0.1, -0.05) is 6.07 Å². The molecule has 0 saturated carbocycles. The van der Waals surface area contributed by atoms with Crippen molar-refractivity contribution in [2.24, 2.45) is 0 Å². The highest BCUT2D eigenvalue weighted by molar-refractivity contribution is 7.14. The topological polar surface area (TPSA) is 77.5 Å². The Hall–Kier alpha value is -2.55. The van der Waals surface area contributed by atoms with Gasteiger partial charge in [-0.15, -0.1) is 11.3 Å². The number of thiazole rings is 1. The molecule has 0 radical (unpaired) electrons. The van der Waals surface area contributed by atoms with Crippen molar-refractivity contribution in [1.29, 1.82) is 0 Å². The molecule has 2 aromatic rings. The SMILES string of the molecule is CCOC(=O)Cc1csc(NC(=O)c2cccc(OC(F)F)c2)n1. The van der Waals surface area contributed by atoms with Crippen LogP contribution in [0, 0.1) is 0 Å². The van der Waals surface area contributed by atoms with Gasteiger partial charge < -0.3 is 9.47 Å². The average molecular weight is 356 g/mol. The Labute approximate surface area is 140 Å². The minimum Gasteiger partial charge on any atom is -0.466 e. The number of carbonyl (C=O) groups is 2. The van der Waals surface area contributed by atoms with Crippen molar-refractivity contribution >= 4 is 28.3 Å². The van der Waals surface area contributed by atoms with Crippen molar-refractivity contribution in [3.8, 4) is 5.75 Å². The Morgan fingerprint density at radius 2 is 2.17 bits per heavy atom. The summed E-state index contributed by atoms with van der Waals surface area (Å²) in [5.41, 5.74) is 0.624. The number of halogens is 2. The van der Waals surface area contributed by atoms with E-state index in [0.29, 0.717) is 10.8 Å². The third kappa shape index (κ3) is 5.27. The minimum absolute atomic E-state index is 0.0118. The summed E-state index contributed by atoms with van der Waals surface area (Å²) < 4.78 is 33.4. The Bertz CT molecular complexity index is 721. The molecular formula is C15H14F2N2O4S. The van der Waals surface area contributed by atoms with Crippen LogP contribution in [0.15, 0.2) is 29.6 Å². The van der Waals surface area contributed by atoms with Crippen LogP contribution in [-0.4, -0.2) is 30.1 Å². The fraction of sp³-hybridized carbons (Fsp3) is 0.267. The molecule has 0 unspecified atom stereocenters. The molecule has 0 saturated heterocycles. The maximum atomic E-state index is 12.2. The lowest BCUT2D eigenvalue weighted by Crippen LogP contribution is -2.13. The van der Waals surface area contributed by atoms with E-state index in [1.165, 1.54) is 24.3 Å². The zero-order chi connectivity index (χ0) is 17.5. The van der Waals surface area contributed by atoms with Gasteiger partial charge in [0.15, 0.2) is 5.13 Å². The quantitative estimate of drug-likeness (QED) is 0.772. The van der Waals surface area contributed by atoms with Gasteiger partial charge in [-0.25, -0.2) is 4.98 Å². The molecule has 0 bridgehead atoms. The van der Waals surface area contributed by atoms with E-state index in [2.05, 4.69) is 15.0 Å². The second kappa shape index (κ2) is 8.34. The summed E-state index contributed by atoms with van der Waals surface area (Å²) in [6.07, 6.45) is 0.0118. The Kier molecular flexibility index (Phi) is 6.19. The third-order valence-corrected chi connectivity index (χ3v) is 3.53. The van der Waals surface area contributed by atoms with Gasteiger partial charge in [-0.05, 0) is 25.1 Å². The van der Waals surface area contributed by atoms with Crippen LogP contribution in [0.1, 0.15) is 23.0 Å². The summed E-state index contributed by atoms with van der Waals surface area (Å²) >= 11 is 1.15. The zero-order valence-corrected chi connectivity index (χ0v) is 13.4. The molecule has 1 aromatic heterocycles. The highest BCUT2D eigenvalue weighted by atomic mass is 32.1. The van der Waals surface area contributed by atoms with Gasteiger partial charge in [0.25, 0.3) is 5.91 Å². The number of anilines is 1. The Balaban J connectivity index is 1.99. The second-order valence-corrected chi connectivity index (χ2v) is 5.34. The molecule has 6 nitrogen and oxygen atoms in total. The number of alkyl halides is 2. The van der Waals surface area contributed by atoms with Crippen LogP contribution in [0.5, 0.6) is 5.75 Å². The molecule has 0 atom stereocenters. The lowest BCUT2D eigenvalue weighted by Gasteiger charge is -2.06. The normalized spacial score (nSPS) is 10.5. The van der Waals surface area contributed by atoms with Crippen molar-refractivity contribution in [3.05, 3.63) is 40.9 Å². The van der Waals surface area contributed by atoms with E-state index in [0.717, 1.165) is 11.3 Å².